The largest absolute Gasteiger partial charge is 0.341 e. The van der Waals surface area contributed by atoms with Crippen LogP contribution in [-0.4, -0.2) is 45.5 Å². The van der Waals surface area contributed by atoms with Crippen LogP contribution < -0.4 is 21.0 Å². The van der Waals surface area contributed by atoms with Gasteiger partial charge in [-0.2, -0.15) is 20.1 Å². The van der Waals surface area contributed by atoms with E-state index in [-0.39, 0.29) is 11.8 Å². The molecule has 10 heteroatoms. The number of rotatable bonds is 8. The molecule has 3 N–H and O–H groups in total. The van der Waals surface area contributed by atoms with E-state index in [2.05, 4.69) is 41.0 Å². The van der Waals surface area contributed by atoms with Gasteiger partial charge in [0.15, 0.2) is 0 Å². The van der Waals surface area contributed by atoms with Gasteiger partial charge in [0.2, 0.25) is 23.8 Å². The molecule has 176 valence electrons. The van der Waals surface area contributed by atoms with Crippen LogP contribution in [-0.2, 0) is 4.79 Å². The molecule has 1 aliphatic heterocycles. The lowest BCUT2D eigenvalue weighted by molar-refractivity contribution is -0.113. The first-order chi connectivity index (χ1) is 16.6. The number of piperidine rings is 1. The molecule has 0 spiro atoms. The lowest BCUT2D eigenvalue weighted by Crippen LogP contribution is -2.31. The molecule has 2 aromatic carbocycles. The summed E-state index contributed by atoms with van der Waals surface area (Å²) < 4.78 is 0. The number of carbonyl (C=O) groups is 1. The first kappa shape index (κ1) is 23.4. The molecule has 9 nitrogen and oxygen atoms in total. The number of anilines is 5. The summed E-state index contributed by atoms with van der Waals surface area (Å²) in [4.78, 5) is 27.4. The Morgan fingerprint density at radius 3 is 2.35 bits per heavy atom. The van der Waals surface area contributed by atoms with Gasteiger partial charge in [0.25, 0.3) is 0 Å². The van der Waals surface area contributed by atoms with Crippen LogP contribution in [0.2, 0.25) is 0 Å². The highest BCUT2D eigenvalue weighted by molar-refractivity contribution is 6.29. The van der Waals surface area contributed by atoms with Crippen molar-refractivity contribution >= 4 is 52.4 Å². The van der Waals surface area contributed by atoms with Crippen molar-refractivity contribution in [1.82, 2.24) is 15.0 Å². The highest BCUT2D eigenvalue weighted by Crippen LogP contribution is 2.21. The summed E-state index contributed by atoms with van der Waals surface area (Å²) >= 11 is 5.54. The summed E-state index contributed by atoms with van der Waals surface area (Å²) in [5.41, 5.74) is 6.18. The number of hydrazone groups is 1. The molecule has 0 atom stereocenters. The maximum absolute atomic E-state index is 11.4. The van der Waals surface area contributed by atoms with E-state index in [4.69, 9.17) is 11.6 Å². The Bertz CT molecular complexity index is 1130. The fourth-order valence-electron chi connectivity index (χ4n) is 3.54. The summed E-state index contributed by atoms with van der Waals surface area (Å²) in [6, 6.07) is 17.1. The molecule has 1 aromatic heterocycles. The van der Waals surface area contributed by atoms with Gasteiger partial charge < -0.3 is 15.5 Å². The molecule has 3 aromatic rings. The van der Waals surface area contributed by atoms with E-state index >= 15 is 0 Å². The van der Waals surface area contributed by atoms with Gasteiger partial charge in [-0.1, -0.05) is 30.3 Å². The normalized spacial score (nSPS) is 13.9. The van der Waals surface area contributed by atoms with Crippen molar-refractivity contribution in [3.8, 4) is 0 Å². The Balaban J connectivity index is 1.52. The van der Waals surface area contributed by atoms with Gasteiger partial charge in [0.1, 0.15) is 5.88 Å². The number of benzene rings is 2. The van der Waals surface area contributed by atoms with Crippen molar-refractivity contribution in [2.75, 3.05) is 39.9 Å². The van der Waals surface area contributed by atoms with Gasteiger partial charge in [0, 0.05) is 24.5 Å². The van der Waals surface area contributed by atoms with Gasteiger partial charge in [-0.25, -0.2) is 5.43 Å². The summed E-state index contributed by atoms with van der Waals surface area (Å²) in [6.07, 6.45) is 3.46. The average Bonchev–Trinajstić information content (AvgIpc) is 2.88. The standard InChI is InChI=1S/C24H27ClN8O/c1-17(18-10-12-20(13-11-18)26-21(34)16-25)31-32-23-28-22(27-19-8-4-2-5-9-19)29-24(30-23)33-14-6-3-7-15-33/h2,4-5,8-13H,3,6-7,14-16H2,1H3,(H,26,34)(H2,27,28,29,30,32). The minimum atomic E-state index is -0.249. The Morgan fingerprint density at radius 1 is 0.941 bits per heavy atom. The zero-order chi connectivity index (χ0) is 23.8. The fraction of sp³-hybridized carbons (Fsp3) is 0.292. The molecule has 0 aliphatic carbocycles. The van der Waals surface area contributed by atoms with Gasteiger partial charge >= 0.3 is 0 Å². The SMILES string of the molecule is CC(=NNc1nc(Nc2ccccc2)nc(N2CCCCC2)n1)c1ccc(NC(=O)CCl)cc1. The van der Waals surface area contributed by atoms with E-state index in [1.807, 2.05) is 49.4 Å². The number of para-hydroxylation sites is 1. The second kappa shape index (κ2) is 11.4. The van der Waals surface area contributed by atoms with Crippen molar-refractivity contribution in [2.24, 2.45) is 5.10 Å². The molecule has 0 saturated carbocycles. The number of hydrogen-bond acceptors (Lipinski definition) is 8. The third-order valence-corrected chi connectivity index (χ3v) is 5.57. The molecule has 1 fully saturated rings. The first-order valence-electron chi connectivity index (χ1n) is 11.2. The molecule has 2 heterocycles. The van der Waals surface area contributed by atoms with E-state index < -0.39 is 0 Å². The first-order valence-corrected chi connectivity index (χ1v) is 11.7. The smallest absolute Gasteiger partial charge is 0.250 e. The van der Waals surface area contributed by atoms with Crippen LogP contribution >= 0.6 is 11.6 Å². The number of aromatic nitrogens is 3. The molecular weight excluding hydrogens is 452 g/mol. The van der Waals surface area contributed by atoms with E-state index in [1.54, 1.807) is 12.1 Å². The highest BCUT2D eigenvalue weighted by Gasteiger charge is 2.16. The second-order valence-corrected chi connectivity index (χ2v) is 8.16. The maximum atomic E-state index is 11.4. The van der Waals surface area contributed by atoms with Crippen LogP contribution in [0.15, 0.2) is 59.7 Å². The fourth-order valence-corrected chi connectivity index (χ4v) is 3.61. The molecular formula is C24H27ClN8O. The Kier molecular flexibility index (Phi) is 7.87. The molecule has 0 bridgehead atoms. The quantitative estimate of drug-likeness (QED) is 0.246. The number of nitrogens with one attached hydrogen (secondary N) is 3. The highest BCUT2D eigenvalue weighted by atomic mass is 35.5. The number of carbonyl (C=O) groups excluding carboxylic acids is 1. The minimum Gasteiger partial charge on any atom is -0.341 e. The molecule has 34 heavy (non-hydrogen) atoms. The molecule has 0 unspecified atom stereocenters. The van der Waals surface area contributed by atoms with Gasteiger partial charge in [-0.05, 0) is 56.0 Å². The second-order valence-electron chi connectivity index (χ2n) is 7.89. The van der Waals surface area contributed by atoms with E-state index in [0.717, 1.165) is 42.9 Å². The van der Waals surface area contributed by atoms with Crippen LogP contribution in [0.1, 0.15) is 31.7 Å². The van der Waals surface area contributed by atoms with Crippen LogP contribution in [0.25, 0.3) is 0 Å². The monoisotopic (exact) mass is 478 g/mol. The van der Waals surface area contributed by atoms with E-state index in [1.165, 1.54) is 6.42 Å². The predicted octanol–water partition coefficient (Wildman–Crippen LogP) is 4.62. The number of hydrogen-bond donors (Lipinski definition) is 3. The molecule has 4 rings (SSSR count). The van der Waals surface area contributed by atoms with Crippen LogP contribution in [0.3, 0.4) is 0 Å². The van der Waals surface area contributed by atoms with Crippen molar-refractivity contribution in [3.63, 3.8) is 0 Å². The number of nitrogens with zero attached hydrogens (tertiary/aromatic N) is 5. The van der Waals surface area contributed by atoms with Gasteiger partial charge in [-0.3, -0.25) is 4.79 Å². The zero-order valence-electron chi connectivity index (χ0n) is 19.0. The Labute approximate surface area is 203 Å². The maximum Gasteiger partial charge on any atom is 0.250 e. The van der Waals surface area contributed by atoms with Crippen LogP contribution in [0, 0.1) is 0 Å². The van der Waals surface area contributed by atoms with E-state index in [9.17, 15) is 4.79 Å². The van der Waals surface area contributed by atoms with Crippen LogP contribution in [0.5, 0.6) is 0 Å². The molecule has 1 saturated heterocycles. The molecule has 0 radical (unpaired) electrons. The van der Waals surface area contributed by atoms with Crippen LogP contribution in [0.4, 0.5) is 29.2 Å². The summed E-state index contributed by atoms with van der Waals surface area (Å²) in [5.74, 6) is 1.11. The molecule has 1 aliphatic rings. The minimum absolute atomic E-state index is 0.0847. The number of amides is 1. The van der Waals surface area contributed by atoms with E-state index in [0.29, 0.717) is 23.5 Å². The Morgan fingerprint density at radius 2 is 1.65 bits per heavy atom. The number of alkyl halides is 1. The van der Waals surface area contributed by atoms with Crippen molar-refractivity contribution < 1.29 is 4.79 Å². The average molecular weight is 479 g/mol. The van der Waals surface area contributed by atoms with Crippen molar-refractivity contribution in [3.05, 3.63) is 60.2 Å². The molecule has 1 amide bonds. The summed E-state index contributed by atoms with van der Waals surface area (Å²) in [6.45, 7) is 3.72. The third kappa shape index (κ3) is 6.41. The van der Waals surface area contributed by atoms with Crippen molar-refractivity contribution in [2.45, 2.75) is 26.2 Å². The Hall–Kier alpha value is -3.72. The topological polar surface area (TPSA) is 107 Å². The number of halogens is 1. The van der Waals surface area contributed by atoms with Gasteiger partial charge in [0.05, 0.1) is 5.71 Å². The summed E-state index contributed by atoms with van der Waals surface area (Å²) in [5, 5.41) is 10.4. The van der Waals surface area contributed by atoms with Gasteiger partial charge in [-0.15, -0.1) is 11.6 Å². The third-order valence-electron chi connectivity index (χ3n) is 5.32. The summed E-state index contributed by atoms with van der Waals surface area (Å²) in [7, 11) is 0. The lowest BCUT2D eigenvalue weighted by atomic mass is 10.1. The predicted molar refractivity (Wildman–Crippen MR) is 137 cm³/mol. The zero-order valence-corrected chi connectivity index (χ0v) is 19.7. The lowest BCUT2D eigenvalue weighted by Gasteiger charge is -2.26. The van der Waals surface area contributed by atoms with Crippen molar-refractivity contribution in [1.29, 1.82) is 0 Å².